The van der Waals surface area contributed by atoms with Crippen LogP contribution in [0.5, 0.6) is 0 Å². The fourth-order valence-corrected chi connectivity index (χ4v) is 2.45. The summed E-state index contributed by atoms with van der Waals surface area (Å²) in [4.78, 5) is 0. The van der Waals surface area contributed by atoms with Crippen molar-refractivity contribution in [2.75, 3.05) is 19.8 Å². The molecule has 0 aliphatic carbocycles. The highest BCUT2D eigenvalue weighted by Gasteiger charge is 2.27. The number of phosphoric acid groups is 1. The van der Waals surface area contributed by atoms with Gasteiger partial charge >= 0.3 is 7.82 Å². The van der Waals surface area contributed by atoms with E-state index in [1.807, 2.05) is 6.92 Å². The molecule has 98 valence electrons. The topological polar surface area (TPSA) is 44.8 Å². The van der Waals surface area contributed by atoms with Crippen molar-refractivity contribution >= 4 is 31.0 Å². The smallest absolute Gasteiger partial charge is 0.287 e. The SMILES string of the molecule is CCCOP(=O)(OCC(C)Cl)OCC(C)Cl. The standard InChI is InChI=1S/C9H19Cl2O4P/c1-4-5-13-16(12,14-6-8(2)10)15-7-9(3)11/h8-9H,4-7H2,1-3H3. The first-order valence-corrected chi connectivity index (χ1v) is 7.54. The van der Waals surface area contributed by atoms with E-state index in [-0.39, 0.29) is 24.0 Å². The normalized spacial score (nSPS) is 19.1. The molecule has 0 radical (unpaired) electrons. The minimum atomic E-state index is -3.51. The zero-order valence-corrected chi connectivity index (χ0v) is 12.2. The van der Waals surface area contributed by atoms with Crippen LogP contribution in [0.15, 0.2) is 0 Å². The number of phosphoric ester groups is 1. The molecule has 0 spiro atoms. The van der Waals surface area contributed by atoms with Crippen molar-refractivity contribution in [2.45, 2.75) is 37.9 Å². The second-order valence-corrected chi connectivity index (χ2v) is 6.59. The average molecular weight is 293 g/mol. The molecule has 4 nitrogen and oxygen atoms in total. The van der Waals surface area contributed by atoms with Gasteiger partial charge in [-0.1, -0.05) is 6.92 Å². The van der Waals surface area contributed by atoms with Crippen LogP contribution < -0.4 is 0 Å². The van der Waals surface area contributed by atoms with Crippen molar-refractivity contribution in [3.63, 3.8) is 0 Å². The minimum Gasteiger partial charge on any atom is -0.287 e. The van der Waals surface area contributed by atoms with Gasteiger partial charge in [-0.05, 0) is 20.3 Å². The summed E-state index contributed by atoms with van der Waals surface area (Å²) in [6.45, 7) is 5.90. The Hall–Kier alpha value is 0.690. The fourth-order valence-electron chi connectivity index (χ4n) is 0.703. The van der Waals surface area contributed by atoms with Crippen LogP contribution in [0, 0.1) is 0 Å². The maximum atomic E-state index is 12.0. The van der Waals surface area contributed by atoms with E-state index in [9.17, 15) is 4.57 Å². The molecule has 2 unspecified atom stereocenters. The number of halogens is 2. The zero-order valence-electron chi connectivity index (χ0n) is 9.82. The maximum Gasteiger partial charge on any atom is 0.474 e. The maximum absolute atomic E-state index is 12.0. The number of hydrogen-bond donors (Lipinski definition) is 0. The Balaban J connectivity index is 4.18. The first-order chi connectivity index (χ1) is 7.39. The molecule has 16 heavy (non-hydrogen) atoms. The van der Waals surface area contributed by atoms with Gasteiger partial charge in [0.15, 0.2) is 0 Å². The van der Waals surface area contributed by atoms with Gasteiger partial charge in [0, 0.05) is 0 Å². The van der Waals surface area contributed by atoms with Crippen molar-refractivity contribution < 1.29 is 18.1 Å². The predicted octanol–water partition coefficient (Wildman–Crippen LogP) is 3.81. The third kappa shape index (κ3) is 8.80. The summed E-state index contributed by atoms with van der Waals surface area (Å²) < 4.78 is 27.2. The number of rotatable bonds is 9. The largest absolute Gasteiger partial charge is 0.474 e. The van der Waals surface area contributed by atoms with Crippen molar-refractivity contribution in [1.29, 1.82) is 0 Å². The van der Waals surface area contributed by atoms with Gasteiger partial charge in [-0.15, -0.1) is 23.2 Å². The lowest BCUT2D eigenvalue weighted by Crippen LogP contribution is -2.10. The van der Waals surface area contributed by atoms with E-state index in [1.54, 1.807) is 13.8 Å². The van der Waals surface area contributed by atoms with Gasteiger partial charge in [-0.25, -0.2) is 4.57 Å². The quantitative estimate of drug-likeness (QED) is 0.479. The molecule has 0 aliphatic heterocycles. The molecule has 0 aliphatic rings. The second-order valence-electron chi connectivity index (χ2n) is 3.43. The summed E-state index contributed by atoms with van der Waals surface area (Å²) in [5, 5.41) is -0.508. The molecule has 0 aromatic heterocycles. The Labute approximate surface area is 107 Å². The molecule has 2 atom stereocenters. The van der Waals surface area contributed by atoms with Crippen molar-refractivity contribution in [1.82, 2.24) is 0 Å². The van der Waals surface area contributed by atoms with Crippen LogP contribution in [-0.4, -0.2) is 30.6 Å². The van der Waals surface area contributed by atoms with Crippen LogP contribution in [0.2, 0.25) is 0 Å². The lowest BCUT2D eigenvalue weighted by Gasteiger charge is -2.18. The molecule has 0 aromatic carbocycles. The molecule has 0 amide bonds. The van der Waals surface area contributed by atoms with E-state index in [4.69, 9.17) is 36.8 Å². The summed E-state index contributed by atoms with van der Waals surface area (Å²) in [5.74, 6) is 0. The lowest BCUT2D eigenvalue weighted by molar-refractivity contribution is 0.114. The molecular formula is C9H19Cl2O4P. The summed E-state index contributed by atoms with van der Waals surface area (Å²) >= 11 is 11.4. The molecule has 0 N–H and O–H groups in total. The van der Waals surface area contributed by atoms with Gasteiger partial charge in [0.25, 0.3) is 0 Å². The highest BCUT2D eigenvalue weighted by molar-refractivity contribution is 7.48. The number of hydrogen-bond acceptors (Lipinski definition) is 4. The third-order valence-corrected chi connectivity index (χ3v) is 3.06. The third-order valence-electron chi connectivity index (χ3n) is 1.38. The Kier molecular flexibility index (Phi) is 9.11. The van der Waals surface area contributed by atoms with Crippen molar-refractivity contribution in [2.24, 2.45) is 0 Å². The van der Waals surface area contributed by atoms with Gasteiger partial charge < -0.3 is 0 Å². The van der Waals surface area contributed by atoms with Crippen molar-refractivity contribution in [3.05, 3.63) is 0 Å². The van der Waals surface area contributed by atoms with Gasteiger partial charge in [0.1, 0.15) is 0 Å². The number of alkyl halides is 2. The second kappa shape index (κ2) is 8.73. The van der Waals surface area contributed by atoms with Crippen LogP contribution in [-0.2, 0) is 18.1 Å². The monoisotopic (exact) mass is 292 g/mol. The zero-order chi connectivity index (χ0) is 12.6. The van der Waals surface area contributed by atoms with E-state index in [1.165, 1.54) is 0 Å². The average Bonchev–Trinajstić information content (AvgIpc) is 2.21. The minimum absolute atomic E-state index is 0.110. The van der Waals surface area contributed by atoms with E-state index < -0.39 is 7.82 Å². The summed E-state index contributed by atoms with van der Waals surface area (Å²) in [7, 11) is -3.51. The fraction of sp³-hybridized carbons (Fsp3) is 1.00. The van der Waals surface area contributed by atoms with Crippen LogP contribution in [0.1, 0.15) is 27.2 Å². The van der Waals surface area contributed by atoms with Gasteiger partial charge in [-0.3, -0.25) is 13.6 Å². The van der Waals surface area contributed by atoms with Gasteiger partial charge in [0.05, 0.1) is 30.6 Å². The Morgan fingerprint density at radius 3 is 1.81 bits per heavy atom. The Bertz CT molecular complexity index is 208. The van der Waals surface area contributed by atoms with Crippen LogP contribution in [0.3, 0.4) is 0 Å². The Morgan fingerprint density at radius 1 is 1.06 bits per heavy atom. The van der Waals surface area contributed by atoms with Crippen LogP contribution >= 0.6 is 31.0 Å². The summed E-state index contributed by atoms with van der Waals surface area (Å²) in [6.07, 6.45) is 0.726. The van der Waals surface area contributed by atoms with Crippen LogP contribution in [0.25, 0.3) is 0 Å². The first-order valence-electron chi connectivity index (χ1n) is 5.21. The summed E-state index contributed by atoms with van der Waals surface area (Å²) in [6, 6.07) is 0. The molecule has 0 rings (SSSR count). The first kappa shape index (κ1) is 16.7. The van der Waals surface area contributed by atoms with Crippen molar-refractivity contribution in [3.8, 4) is 0 Å². The lowest BCUT2D eigenvalue weighted by atomic mass is 10.5. The molecule has 0 saturated carbocycles. The van der Waals surface area contributed by atoms with E-state index >= 15 is 0 Å². The molecule has 0 fully saturated rings. The Morgan fingerprint density at radius 2 is 1.50 bits per heavy atom. The van der Waals surface area contributed by atoms with Gasteiger partial charge in [0.2, 0.25) is 0 Å². The molecule has 7 heteroatoms. The molecule has 0 bridgehead atoms. The molecule has 0 heterocycles. The molecule has 0 aromatic rings. The van der Waals surface area contributed by atoms with E-state index in [2.05, 4.69) is 0 Å². The highest BCUT2D eigenvalue weighted by Crippen LogP contribution is 2.49. The highest BCUT2D eigenvalue weighted by atomic mass is 35.5. The van der Waals surface area contributed by atoms with Gasteiger partial charge in [-0.2, -0.15) is 0 Å². The molecular weight excluding hydrogens is 274 g/mol. The van der Waals surface area contributed by atoms with Crippen LogP contribution in [0.4, 0.5) is 0 Å². The molecule has 0 saturated heterocycles. The van der Waals surface area contributed by atoms with E-state index in [0.717, 1.165) is 6.42 Å². The predicted molar refractivity (Wildman–Crippen MR) is 66.4 cm³/mol. The van der Waals surface area contributed by atoms with E-state index in [0.29, 0.717) is 6.61 Å². The summed E-state index contributed by atoms with van der Waals surface area (Å²) in [5.41, 5.74) is 0.